The number of nitrogens with two attached hydrogens (primary N) is 1. The molecule has 0 saturated carbocycles. The zero-order chi connectivity index (χ0) is 22.2. The van der Waals surface area contributed by atoms with Crippen LogP contribution in [0.25, 0.3) is 10.3 Å². The van der Waals surface area contributed by atoms with Crippen molar-refractivity contribution >= 4 is 51.0 Å². The zero-order valence-electron chi connectivity index (χ0n) is 18.3. The first-order valence-electron chi connectivity index (χ1n) is 10.9. The van der Waals surface area contributed by atoms with Crippen LogP contribution in [0, 0.1) is 6.92 Å². The number of anilines is 4. The molecule has 2 aliphatic heterocycles. The number of nitrogen functional groups attached to an aromatic ring is 1. The van der Waals surface area contributed by atoms with Crippen LogP contribution < -0.4 is 20.9 Å². The topological polar surface area (TPSA) is 116 Å². The van der Waals surface area contributed by atoms with E-state index in [1.807, 2.05) is 24.0 Å². The predicted octanol–water partition coefficient (Wildman–Crippen LogP) is 2.71. The third-order valence-corrected chi connectivity index (χ3v) is 6.85. The molecule has 0 aromatic carbocycles. The molecule has 3 N–H and O–H groups in total. The lowest BCUT2D eigenvalue weighted by Gasteiger charge is -2.40. The first-order valence-corrected chi connectivity index (χ1v) is 11.8. The lowest BCUT2D eigenvalue weighted by molar-refractivity contribution is 0.200. The molecule has 10 nitrogen and oxygen atoms in total. The first kappa shape index (κ1) is 20.7. The third kappa shape index (κ3) is 3.88. The molecule has 0 spiro atoms. The molecule has 3 aromatic rings. The summed E-state index contributed by atoms with van der Waals surface area (Å²) in [4.78, 5) is 37.9. The monoisotopic (exact) mass is 453 g/mol. The van der Waals surface area contributed by atoms with Crippen LogP contribution in [0.1, 0.15) is 25.5 Å². The Balaban J connectivity index is 1.26. The molecule has 0 radical (unpaired) electrons. The number of aromatic nitrogens is 4. The minimum atomic E-state index is -0.115. The number of aryl methyl sites for hydroxylation is 1. The summed E-state index contributed by atoms with van der Waals surface area (Å²) in [5.74, 6) is 1.96. The molecule has 2 fully saturated rings. The number of urea groups is 1. The normalized spacial score (nSPS) is 19.1. The maximum atomic E-state index is 13.0. The Morgan fingerprint density at radius 1 is 1.16 bits per heavy atom. The van der Waals surface area contributed by atoms with Gasteiger partial charge in [0.15, 0.2) is 10.6 Å². The first-order chi connectivity index (χ1) is 15.5. The van der Waals surface area contributed by atoms with Gasteiger partial charge in [-0.2, -0.15) is 4.98 Å². The van der Waals surface area contributed by atoms with Crippen molar-refractivity contribution < 1.29 is 4.79 Å². The van der Waals surface area contributed by atoms with Crippen molar-refractivity contribution in [2.75, 3.05) is 53.6 Å². The fourth-order valence-electron chi connectivity index (χ4n) is 4.42. The average molecular weight is 454 g/mol. The van der Waals surface area contributed by atoms with E-state index in [2.05, 4.69) is 37.0 Å². The van der Waals surface area contributed by atoms with Crippen molar-refractivity contribution in [3.8, 4) is 0 Å². The molecule has 5 heterocycles. The molecule has 3 aromatic heterocycles. The van der Waals surface area contributed by atoms with Gasteiger partial charge in [-0.3, -0.25) is 0 Å². The predicted molar refractivity (Wildman–Crippen MR) is 127 cm³/mol. The molecule has 5 rings (SSSR count). The molecule has 2 saturated heterocycles. The van der Waals surface area contributed by atoms with E-state index in [9.17, 15) is 4.79 Å². The number of nitrogens with one attached hydrogen (secondary N) is 1. The van der Waals surface area contributed by atoms with Gasteiger partial charge in [-0.1, -0.05) is 0 Å². The summed E-state index contributed by atoms with van der Waals surface area (Å²) >= 11 is 1.45. The SMILES string of the molecule is Cc1nc(N2CCCC2)ccc1NC(=O)N1CCN(c2nc(N)nc3scnc23)[C@@H](C)C1. The Hall–Kier alpha value is -3.21. The van der Waals surface area contributed by atoms with E-state index in [-0.39, 0.29) is 18.0 Å². The summed E-state index contributed by atoms with van der Waals surface area (Å²) in [6.07, 6.45) is 2.41. The lowest BCUT2D eigenvalue weighted by Crippen LogP contribution is -2.55. The quantitative estimate of drug-likeness (QED) is 0.622. The molecule has 2 aliphatic rings. The number of nitrogens with zero attached hydrogens (tertiary/aromatic N) is 7. The number of hydrogen-bond donors (Lipinski definition) is 2. The second kappa shape index (κ2) is 8.38. The summed E-state index contributed by atoms with van der Waals surface area (Å²) < 4.78 is 0. The van der Waals surface area contributed by atoms with Gasteiger partial charge in [-0.25, -0.2) is 19.7 Å². The molecular weight excluding hydrogens is 426 g/mol. The minimum absolute atomic E-state index is 0.0606. The molecule has 0 bridgehead atoms. The summed E-state index contributed by atoms with van der Waals surface area (Å²) in [6.45, 7) is 7.89. The molecule has 11 heteroatoms. The van der Waals surface area contributed by atoms with Crippen molar-refractivity contribution in [2.45, 2.75) is 32.7 Å². The van der Waals surface area contributed by atoms with Crippen LogP contribution in [-0.4, -0.2) is 69.6 Å². The fourth-order valence-corrected chi connectivity index (χ4v) is 5.08. The van der Waals surface area contributed by atoms with E-state index in [1.165, 1.54) is 24.2 Å². The van der Waals surface area contributed by atoms with Crippen molar-refractivity contribution in [1.82, 2.24) is 24.8 Å². The number of rotatable bonds is 3. The Morgan fingerprint density at radius 2 is 1.97 bits per heavy atom. The molecule has 1 atom stereocenters. The molecule has 32 heavy (non-hydrogen) atoms. The highest BCUT2D eigenvalue weighted by atomic mass is 32.1. The Morgan fingerprint density at radius 3 is 2.72 bits per heavy atom. The van der Waals surface area contributed by atoms with Crippen molar-refractivity contribution in [3.63, 3.8) is 0 Å². The third-order valence-electron chi connectivity index (χ3n) is 6.13. The van der Waals surface area contributed by atoms with Gasteiger partial charge >= 0.3 is 6.03 Å². The van der Waals surface area contributed by atoms with Gasteiger partial charge in [0.1, 0.15) is 11.3 Å². The van der Waals surface area contributed by atoms with E-state index < -0.39 is 0 Å². The average Bonchev–Trinajstić information content (AvgIpc) is 3.46. The number of carbonyl (C=O) groups is 1. The number of pyridine rings is 1. The molecule has 2 amide bonds. The Kier molecular flexibility index (Phi) is 5.41. The maximum absolute atomic E-state index is 13.0. The largest absolute Gasteiger partial charge is 0.368 e. The summed E-state index contributed by atoms with van der Waals surface area (Å²) in [5, 5.41) is 3.04. The van der Waals surface area contributed by atoms with Gasteiger partial charge in [0, 0.05) is 38.8 Å². The van der Waals surface area contributed by atoms with Crippen molar-refractivity contribution in [1.29, 1.82) is 0 Å². The van der Waals surface area contributed by atoms with Gasteiger partial charge < -0.3 is 25.8 Å². The highest BCUT2D eigenvalue weighted by molar-refractivity contribution is 7.16. The number of piperazine rings is 1. The second-order valence-corrected chi connectivity index (χ2v) is 9.16. The molecule has 168 valence electrons. The summed E-state index contributed by atoms with van der Waals surface area (Å²) in [7, 11) is 0. The molecule has 0 unspecified atom stereocenters. The van der Waals surface area contributed by atoms with Gasteiger partial charge in [0.2, 0.25) is 5.95 Å². The molecule has 0 aliphatic carbocycles. The number of amides is 2. The number of thiazole rings is 1. The van der Waals surface area contributed by atoms with E-state index >= 15 is 0 Å². The van der Waals surface area contributed by atoms with E-state index in [4.69, 9.17) is 10.7 Å². The highest BCUT2D eigenvalue weighted by Crippen LogP contribution is 2.29. The smallest absolute Gasteiger partial charge is 0.322 e. The van der Waals surface area contributed by atoms with E-state index in [1.54, 1.807) is 5.51 Å². The second-order valence-electron chi connectivity index (χ2n) is 8.33. The fraction of sp³-hybridized carbons (Fsp3) is 0.476. The maximum Gasteiger partial charge on any atom is 0.322 e. The van der Waals surface area contributed by atoms with Gasteiger partial charge in [-0.15, -0.1) is 11.3 Å². The van der Waals surface area contributed by atoms with Crippen LogP contribution in [0.5, 0.6) is 0 Å². The minimum Gasteiger partial charge on any atom is -0.368 e. The van der Waals surface area contributed by atoms with Gasteiger partial charge in [-0.05, 0) is 38.8 Å². The summed E-state index contributed by atoms with van der Waals surface area (Å²) in [6, 6.07) is 3.89. The summed E-state index contributed by atoms with van der Waals surface area (Å²) in [5.41, 5.74) is 10.00. The van der Waals surface area contributed by atoms with E-state index in [0.717, 1.165) is 46.5 Å². The highest BCUT2D eigenvalue weighted by Gasteiger charge is 2.30. The number of hydrogen-bond acceptors (Lipinski definition) is 9. The van der Waals surface area contributed by atoms with E-state index in [0.29, 0.717) is 19.6 Å². The standard InChI is InChI=1S/C21H27N9OS/c1-13-11-29(9-10-30(13)18-17-19(32-12-23-17)27-20(22)26-18)21(31)25-15-5-6-16(24-14(15)2)28-7-3-4-8-28/h5-6,12-13H,3-4,7-11H2,1-2H3,(H,25,31)(H2,22,26,27)/t13-/m0/s1. The van der Waals surface area contributed by atoms with Gasteiger partial charge in [0.25, 0.3) is 0 Å². The van der Waals surface area contributed by atoms with Crippen LogP contribution in [-0.2, 0) is 0 Å². The van der Waals surface area contributed by atoms with Crippen LogP contribution in [0.4, 0.5) is 28.1 Å². The molecular formula is C21H27N9OS. The zero-order valence-corrected chi connectivity index (χ0v) is 19.1. The van der Waals surface area contributed by atoms with Crippen LogP contribution in [0.3, 0.4) is 0 Å². The van der Waals surface area contributed by atoms with Crippen molar-refractivity contribution in [2.24, 2.45) is 0 Å². The number of fused-ring (bicyclic) bond motifs is 1. The Bertz CT molecular complexity index is 1140. The van der Waals surface area contributed by atoms with Crippen LogP contribution in [0.2, 0.25) is 0 Å². The van der Waals surface area contributed by atoms with Crippen molar-refractivity contribution in [3.05, 3.63) is 23.3 Å². The Labute approximate surface area is 190 Å². The van der Waals surface area contributed by atoms with Crippen LogP contribution in [0.15, 0.2) is 17.6 Å². The number of carbonyl (C=O) groups excluding carboxylic acids is 1. The van der Waals surface area contributed by atoms with Gasteiger partial charge in [0.05, 0.1) is 16.9 Å². The lowest BCUT2D eigenvalue weighted by atomic mass is 10.2. The van der Waals surface area contributed by atoms with Crippen LogP contribution >= 0.6 is 11.3 Å².